The van der Waals surface area contributed by atoms with Crippen LogP contribution in [0.1, 0.15) is 39.5 Å². The SMILES string of the molecule is CC1(C)CC2=NN(c3ccccc3)P(=S)(N3CCCC3)C2=C(N2CCOCC2)C1. The Kier molecular flexibility index (Phi) is 5.10. The zero-order valence-electron chi connectivity index (χ0n) is 17.5. The number of para-hydroxylation sites is 1. The van der Waals surface area contributed by atoms with Crippen molar-refractivity contribution in [3.8, 4) is 0 Å². The van der Waals surface area contributed by atoms with E-state index in [2.05, 4.69) is 58.5 Å². The summed E-state index contributed by atoms with van der Waals surface area (Å²) in [5.41, 5.74) is 4.03. The van der Waals surface area contributed by atoms with Crippen LogP contribution >= 0.6 is 6.34 Å². The molecule has 0 spiro atoms. The van der Waals surface area contributed by atoms with Crippen molar-refractivity contribution >= 4 is 29.5 Å². The molecule has 0 aromatic heterocycles. The van der Waals surface area contributed by atoms with E-state index in [4.69, 9.17) is 21.6 Å². The molecule has 2 fully saturated rings. The molecule has 0 bridgehead atoms. The third kappa shape index (κ3) is 3.38. The van der Waals surface area contributed by atoms with E-state index < -0.39 is 6.34 Å². The lowest BCUT2D eigenvalue weighted by Gasteiger charge is -2.43. The third-order valence-corrected chi connectivity index (χ3v) is 11.3. The largest absolute Gasteiger partial charge is 0.378 e. The molecular formula is C22H31N4OPS. The monoisotopic (exact) mass is 430 g/mol. The molecule has 1 unspecified atom stereocenters. The maximum Gasteiger partial charge on any atom is 0.154 e. The van der Waals surface area contributed by atoms with Crippen LogP contribution in [0.25, 0.3) is 0 Å². The number of allylic oxidation sites excluding steroid dienone is 2. The highest BCUT2D eigenvalue weighted by Gasteiger charge is 2.50. The summed E-state index contributed by atoms with van der Waals surface area (Å²) in [6.45, 7) is 10.5. The second kappa shape index (κ2) is 7.49. The van der Waals surface area contributed by atoms with Gasteiger partial charge >= 0.3 is 0 Å². The topological polar surface area (TPSA) is 31.3 Å². The lowest BCUT2D eigenvalue weighted by atomic mass is 9.78. The van der Waals surface area contributed by atoms with Gasteiger partial charge in [0.1, 0.15) is 0 Å². The lowest BCUT2D eigenvalue weighted by molar-refractivity contribution is 0.0489. The Hall–Kier alpha value is -1.20. The van der Waals surface area contributed by atoms with Gasteiger partial charge in [0.25, 0.3) is 0 Å². The highest BCUT2D eigenvalue weighted by molar-refractivity contribution is 8.16. The van der Waals surface area contributed by atoms with Crippen molar-refractivity contribution in [2.75, 3.05) is 44.2 Å². The number of hydrogen-bond acceptors (Lipinski definition) is 4. The predicted molar refractivity (Wildman–Crippen MR) is 124 cm³/mol. The van der Waals surface area contributed by atoms with Crippen LogP contribution in [-0.2, 0) is 16.5 Å². The summed E-state index contributed by atoms with van der Waals surface area (Å²) in [7, 11) is 0. The van der Waals surface area contributed by atoms with E-state index in [-0.39, 0.29) is 5.41 Å². The summed E-state index contributed by atoms with van der Waals surface area (Å²) in [6.07, 6.45) is 2.39. The fraction of sp³-hybridized carbons (Fsp3) is 0.591. The minimum Gasteiger partial charge on any atom is -0.378 e. The van der Waals surface area contributed by atoms with E-state index in [0.29, 0.717) is 0 Å². The number of hydrogen-bond donors (Lipinski definition) is 0. The van der Waals surface area contributed by atoms with Crippen molar-refractivity contribution < 1.29 is 4.74 Å². The van der Waals surface area contributed by atoms with Crippen LogP contribution in [0.15, 0.2) is 46.4 Å². The Bertz CT molecular complexity index is 885. The molecule has 2 saturated heterocycles. The van der Waals surface area contributed by atoms with Gasteiger partial charge in [0, 0.05) is 31.9 Å². The zero-order chi connectivity index (χ0) is 20.1. The summed E-state index contributed by atoms with van der Waals surface area (Å²) in [4.78, 5) is 2.56. The van der Waals surface area contributed by atoms with Gasteiger partial charge in [0.15, 0.2) is 6.34 Å². The fourth-order valence-corrected chi connectivity index (χ4v) is 9.84. The van der Waals surface area contributed by atoms with Crippen LogP contribution in [0.4, 0.5) is 5.69 Å². The van der Waals surface area contributed by atoms with Gasteiger partial charge < -0.3 is 9.64 Å². The molecule has 0 saturated carbocycles. The van der Waals surface area contributed by atoms with Gasteiger partial charge in [-0.2, -0.15) is 5.10 Å². The van der Waals surface area contributed by atoms with Gasteiger partial charge in [0.2, 0.25) is 0 Å². The molecule has 0 N–H and O–H groups in total. The van der Waals surface area contributed by atoms with E-state index in [1.165, 1.54) is 29.6 Å². The molecule has 1 aromatic carbocycles. The molecule has 1 aromatic rings. The Morgan fingerprint density at radius 1 is 1.00 bits per heavy atom. The number of morpholine rings is 1. The minimum absolute atomic E-state index is 0.202. The number of hydrazone groups is 1. The molecule has 5 nitrogen and oxygen atoms in total. The normalized spacial score (nSPS) is 29.9. The Morgan fingerprint density at radius 3 is 2.38 bits per heavy atom. The lowest BCUT2D eigenvalue weighted by Crippen LogP contribution is -2.40. The van der Waals surface area contributed by atoms with E-state index >= 15 is 0 Å². The van der Waals surface area contributed by atoms with E-state index in [0.717, 1.165) is 57.9 Å². The maximum absolute atomic E-state index is 6.68. The van der Waals surface area contributed by atoms with Gasteiger partial charge in [-0.15, -0.1) is 0 Å². The first-order chi connectivity index (χ1) is 14.0. The van der Waals surface area contributed by atoms with E-state index in [1.54, 1.807) is 0 Å². The van der Waals surface area contributed by atoms with Crippen molar-refractivity contribution in [1.29, 1.82) is 0 Å². The van der Waals surface area contributed by atoms with Crippen molar-refractivity contribution in [3.05, 3.63) is 41.3 Å². The average molecular weight is 431 g/mol. The quantitative estimate of drug-likeness (QED) is 0.653. The number of benzene rings is 1. The molecule has 4 aliphatic rings. The molecular weight excluding hydrogens is 399 g/mol. The van der Waals surface area contributed by atoms with Gasteiger partial charge in [-0.05, 0) is 43.2 Å². The second-order valence-electron chi connectivity index (χ2n) is 9.29. The summed E-state index contributed by atoms with van der Waals surface area (Å²) >= 11 is 6.68. The summed E-state index contributed by atoms with van der Waals surface area (Å²) in [5, 5.41) is 6.66. The third-order valence-electron chi connectivity index (χ3n) is 6.45. The molecule has 1 aliphatic carbocycles. The van der Waals surface area contributed by atoms with Gasteiger partial charge in [-0.25, -0.2) is 4.78 Å². The van der Waals surface area contributed by atoms with E-state index in [9.17, 15) is 0 Å². The number of ether oxygens (including phenoxy) is 1. The summed E-state index contributed by atoms with van der Waals surface area (Å²) < 4.78 is 10.5. The first-order valence-corrected chi connectivity index (χ1v) is 13.6. The molecule has 3 aliphatic heterocycles. The smallest absolute Gasteiger partial charge is 0.154 e. The standard InChI is InChI=1S/C22H31N4OPS/c1-22(2)16-19-21(20(17-22)24-12-14-27-15-13-24)28(29,25-10-6-7-11-25)26(23-19)18-8-4-3-5-9-18/h3-5,8-9H,6-7,10-17H2,1-2H3. The Labute approximate surface area is 179 Å². The summed E-state index contributed by atoms with van der Waals surface area (Å²) in [6, 6.07) is 10.6. The summed E-state index contributed by atoms with van der Waals surface area (Å²) in [5.74, 6) is 0. The van der Waals surface area contributed by atoms with Crippen molar-refractivity contribution in [2.45, 2.75) is 39.5 Å². The van der Waals surface area contributed by atoms with Crippen molar-refractivity contribution in [2.24, 2.45) is 10.5 Å². The molecule has 29 heavy (non-hydrogen) atoms. The molecule has 3 heterocycles. The van der Waals surface area contributed by atoms with Crippen LogP contribution < -0.4 is 4.78 Å². The zero-order valence-corrected chi connectivity index (χ0v) is 19.2. The molecule has 0 radical (unpaired) electrons. The number of fused-ring (bicyclic) bond motifs is 1. The highest BCUT2D eigenvalue weighted by Crippen LogP contribution is 2.69. The average Bonchev–Trinajstić information content (AvgIpc) is 3.36. The van der Waals surface area contributed by atoms with Gasteiger partial charge in [-0.1, -0.05) is 43.9 Å². The van der Waals surface area contributed by atoms with Crippen LogP contribution in [0.5, 0.6) is 0 Å². The van der Waals surface area contributed by atoms with Crippen LogP contribution in [0.3, 0.4) is 0 Å². The Morgan fingerprint density at radius 2 is 1.69 bits per heavy atom. The highest BCUT2D eigenvalue weighted by atomic mass is 32.4. The van der Waals surface area contributed by atoms with E-state index in [1.807, 2.05) is 0 Å². The first kappa shape index (κ1) is 19.7. The molecule has 156 valence electrons. The van der Waals surface area contributed by atoms with Crippen molar-refractivity contribution in [3.63, 3.8) is 0 Å². The first-order valence-electron chi connectivity index (χ1n) is 10.8. The predicted octanol–water partition coefficient (Wildman–Crippen LogP) is 4.63. The van der Waals surface area contributed by atoms with Gasteiger partial charge in [0.05, 0.1) is 29.9 Å². The fourth-order valence-electron chi connectivity index (χ4n) is 5.09. The molecule has 5 rings (SSSR count). The Balaban J connectivity index is 1.69. The molecule has 7 heteroatoms. The molecule has 0 amide bonds. The van der Waals surface area contributed by atoms with Gasteiger partial charge in [-0.3, -0.25) is 4.67 Å². The number of rotatable bonds is 3. The second-order valence-corrected chi connectivity index (χ2v) is 13.3. The van der Waals surface area contributed by atoms with Crippen LogP contribution in [-0.4, -0.2) is 54.7 Å². The van der Waals surface area contributed by atoms with Crippen molar-refractivity contribution in [1.82, 2.24) is 9.57 Å². The van der Waals surface area contributed by atoms with Crippen LogP contribution in [0.2, 0.25) is 0 Å². The maximum atomic E-state index is 6.68. The van der Waals surface area contributed by atoms with Crippen LogP contribution in [0, 0.1) is 5.41 Å². The number of anilines is 1. The number of nitrogens with zero attached hydrogens (tertiary/aromatic N) is 4. The molecule has 1 atom stereocenters. The minimum atomic E-state index is -2.17.